The second-order valence-electron chi connectivity index (χ2n) is 6.35. The first-order chi connectivity index (χ1) is 11.0. The van der Waals surface area contributed by atoms with Crippen LogP contribution in [0.1, 0.15) is 51.6 Å². The monoisotopic (exact) mass is 358 g/mol. The Hall–Kier alpha value is -1.11. The number of hydrogen-bond donors (Lipinski definition) is 2. The molecule has 3 atom stereocenters. The Balaban J connectivity index is 0.00000288. The summed E-state index contributed by atoms with van der Waals surface area (Å²) < 4.78 is 7.59. The minimum absolute atomic E-state index is 0. The molecule has 0 aromatic carbocycles. The number of carbonyl (C=O) groups excluding carboxylic acids is 1. The highest BCUT2D eigenvalue weighted by Gasteiger charge is 2.54. The molecule has 1 amide bonds. The van der Waals surface area contributed by atoms with Crippen LogP contribution in [-0.4, -0.2) is 41.5 Å². The SMILES string of the molecule is CCOC1CC(NC(=O)C(NC)c2cnn(C)c2)C1(CC)CC.Cl. The van der Waals surface area contributed by atoms with Gasteiger partial charge in [0, 0.05) is 36.9 Å². The van der Waals surface area contributed by atoms with Crippen LogP contribution >= 0.6 is 12.4 Å². The van der Waals surface area contributed by atoms with Crippen LogP contribution in [0.4, 0.5) is 0 Å². The molecule has 1 aliphatic rings. The molecule has 2 rings (SSSR count). The Kier molecular flexibility index (Phi) is 7.70. The zero-order chi connectivity index (χ0) is 17.0. The number of aromatic nitrogens is 2. The van der Waals surface area contributed by atoms with Gasteiger partial charge < -0.3 is 15.4 Å². The van der Waals surface area contributed by atoms with Crippen LogP contribution in [0.3, 0.4) is 0 Å². The molecule has 0 bridgehead atoms. The van der Waals surface area contributed by atoms with E-state index in [1.807, 2.05) is 20.2 Å². The van der Waals surface area contributed by atoms with E-state index in [2.05, 4.69) is 29.6 Å². The molecule has 1 heterocycles. The molecule has 0 spiro atoms. The molecule has 7 heteroatoms. The van der Waals surface area contributed by atoms with Gasteiger partial charge in [0.05, 0.1) is 12.3 Å². The van der Waals surface area contributed by atoms with Crippen LogP contribution < -0.4 is 10.6 Å². The summed E-state index contributed by atoms with van der Waals surface area (Å²) in [7, 11) is 3.65. The van der Waals surface area contributed by atoms with Crippen molar-refractivity contribution in [1.82, 2.24) is 20.4 Å². The Morgan fingerprint density at radius 2 is 2.12 bits per heavy atom. The smallest absolute Gasteiger partial charge is 0.242 e. The van der Waals surface area contributed by atoms with Gasteiger partial charge in [-0.3, -0.25) is 9.48 Å². The molecule has 138 valence electrons. The molecule has 0 saturated heterocycles. The predicted molar refractivity (Wildman–Crippen MR) is 97.2 cm³/mol. The van der Waals surface area contributed by atoms with Crippen molar-refractivity contribution < 1.29 is 9.53 Å². The molecular formula is C17H31ClN4O2. The van der Waals surface area contributed by atoms with Gasteiger partial charge in [0.2, 0.25) is 5.91 Å². The van der Waals surface area contributed by atoms with E-state index in [0.717, 1.165) is 31.4 Å². The maximum atomic E-state index is 12.7. The molecule has 24 heavy (non-hydrogen) atoms. The molecule has 1 fully saturated rings. The molecule has 0 aliphatic heterocycles. The fraction of sp³-hybridized carbons (Fsp3) is 0.765. The topological polar surface area (TPSA) is 68.2 Å². The molecule has 1 aromatic heterocycles. The fourth-order valence-corrected chi connectivity index (χ4v) is 3.88. The third kappa shape index (κ3) is 3.76. The van der Waals surface area contributed by atoms with Crippen LogP contribution in [0.2, 0.25) is 0 Å². The number of rotatable bonds is 8. The van der Waals surface area contributed by atoms with Gasteiger partial charge in [-0.05, 0) is 33.2 Å². The number of halogens is 1. The highest BCUT2D eigenvalue weighted by atomic mass is 35.5. The van der Waals surface area contributed by atoms with Gasteiger partial charge in [-0.2, -0.15) is 5.10 Å². The van der Waals surface area contributed by atoms with E-state index in [-0.39, 0.29) is 41.9 Å². The third-order valence-electron chi connectivity index (χ3n) is 5.39. The van der Waals surface area contributed by atoms with Gasteiger partial charge in [-0.15, -0.1) is 12.4 Å². The van der Waals surface area contributed by atoms with Gasteiger partial charge in [0.1, 0.15) is 6.04 Å². The molecule has 1 aromatic rings. The average molecular weight is 359 g/mol. The maximum absolute atomic E-state index is 12.7. The normalized spacial score (nSPS) is 23.0. The summed E-state index contributed by atoms with van der Waals surface area (Å²) >= 11 is 0. The van der Waals surface area contributed by atoms with Crippen LogP contribution in [0, 0.1) is 5.41 Å². The summed E-state index contributed by atoms with van der Waals surface area (Å²) in [5.74, 6) is 0.00623. The second kappa shape index (κ2) is 8.83. The van der Waals surface area contributed by atoms with Gasteiger partial charge in [-0.25, -0.2) is 0 Å². The molecule has 6 nitrogen and oxygen atoms in total. The van der Waals surface area contributed by atoms with E-state index in [4.69, 9.17) is 4.74 Å². The van der Waals surface area contributed by atoms with Crippen molar-refractivity contribution >= 4 is 18.3 Å². The summed E-state index contributed by atoms with van der Waals surface area (Å²) in [4.78, 5) is 12.7. The summed E-state index contributed by atoms with van der Waals surface area (Å²) in [6.45, 7) is 7.12. The minimum atomic E-state index is -0.374. The zero-order valence-corrected chi connectivity index (χ0v) is 16.2. The molecule has 1 saturated carbocycles. The summed E-state index contributed by atoms with van der Waals surface area (Å²) in [5, 5.41) is 10.5. The number of amides is 1. The highest BCUT2D eigenvalue weighted by Crippen LogP contribution is 2.49. The molecule has 0 radical (unpaired) electrons. The van der Waals surface area contributed by atoms with E-state index < -0.39 is 0 Å². The minimum Gasteiger partial charge on any atom is -0.378 e. The summed E-state index contributed by atoms with van der Waals surface area (Å²) in [6, 6.07) is -0.199. The van der Waals surface area contributed by atoms with Crippen molar-refractivity contribution in [3.05, 3.63) is 18.0 Å². The van der Waals surface area contributed by atoms with E-state index >= 15 is 0 Å². The largest absolute Gasteiger partial charge is 0.378 e. The Morgan fingerprint density at radius 3 is 2.58 bits per heavy atom. The number of nitrogens with zero attached hydrogens (tertiary/aromatic N) is 2. The Labute approximate surface area is 151 Å². The number of ether oxygens (including phenoxy) is 1. The lowest BCUT2D eigenvalue weighted by Gasteiger charge is -2.55. The van der Waals surface area contributed by atoms with Gasteiger partial charge in [-0.1, -0.05) is 13.8 Å². The third-order valence-corrected chi connectivity index (χ3v) is 5.39. The van der Waals surface area contributed by atoms with E-state index in [1.165, 1.54) is 0 Å². The van der Waals surface area contributed by atoms with E-state index in [9.17, 15) is 4.79 Å². The number of hydrogen-bond acceptors (Lipinski definition) is 4. The van der Waals surface area contributed by atoms with Crippen molar-refractivity contribution in [3.63, 3.8) is 0 Å². The number of aryl methyl sites for hydroxylation is 1. The van der Waals surface area contributed by atoms with Crippen molar-refractivity contribution in [2.45, 2.75) is 58.2 Å². The van der Waals surface area contributed by atoms with E-state index in [0.29, 0.717) is 0 Å². The van der Waals surface area contributed by atoms with Crippen LogP contribution in [0.15, 0.2) is 12.4 Å². The second-order valence-corrected chi connectivity index (χ2v) is 6.35. The zero-order valence-electron chi connectivity index (χ0n) is 15.3. The number of carbonyl (C=O) groups is 1. The molecule has 3 unspecified atom stereocenters. The van der Waals surface area contributed by atoms with Crippen LogP contribution in [0.25, 0.3) is 0 Å². The highest BCUT2D eigenvalue weighted by molar-refractivity contribution is 5.85. The first kappa shape index (κ1) is 20.9. The van der Waals surface area contributed by atoms with Gasteiger partial charge in [0.15, 0.2) is 0 Å². The summed E-state index contributed by atoms with van der Waals surface area (Å²) in [6.07, 6.45) is 6.77. The van der Waals surface area contributed by atoms with E-state index in [1.54, 1.807) is 17.9 Å². The molecule has 1 aliphatic carbocycles. The summed E-state index contributed by atoms with van der Waals surface area (Å²) in [5.41, 5.74) is 0.936. The average Bonchev–Trinajstić information content (AvgIpc) is 2.94. The standard InChI is InChI=1S/C17H30N4O2.ClH/c1-6-17(7-2)13(9-14(17)23-8-3)20-16(22)15(18-4)12-10-19-21(5)11-12;/h10-11,13-15,18H,6-9H2,1-5H3,(H,20,22);1H. The maximum Gasteiger partial charge on any atom is 0.242 e. The Bertz CT molecular complexity index is 530. The van der Waals surface area contributed by atoms with Crippen LogP contribution in [0.5, 0.6) is 0 Å². The van der Waals surface area contributed by atoms with Crippen molar-refractivity contribution in [2.75, 3.05) is 13.7 Å². The lowest BCUT2D eigenvalue weighted by Crippen LogP contribution is -2.65. The van der Waals surface area contributed by atoms with Crippen molar-refractivity contribution in [2.24, 2.45) is 12.5 Å². The van der Waals surface area contributed by atoms with Crippen molar-refractivity contribution in [3.8, 4) is 0 Å². The van der Waals surface area contributed by atoms with Crippen LogP contribution in [-0.2, 0) is 16.6 Å². The first-order valence-electron chi connectivity index (χ1n) is 8.60. The molecular weight excluding hydrogens is 328 g/mol. The predicted octanol–water partition coefficient (Wildman–Crippen LogP) is 2.20. The van der Waals surface area contributed by atoms with Gasteiger partial charge in [0.25, 0.3) is 0 Å². The molecule has 2 N–H and O–H groups in total. The lowest BCUT2D eigenvalue weighted by atomic mass is 9.58. The number of nitrogens with one attached hydrogen (secondary N) is 2. The lowest BCUT2D eigenvalue weighted by molar-refractivity contribution is -0.149. The van der Waals surface area contributed by atoms with Gasteiger partial charge >= 0.3 is 0 Å². The first-order valence-corrected chi connectivity index (χ1v) is 8.60. The fourth-order valence-electron chi connectivity index (χ4n) is 3.88. The quantitative estimate of drug-likeness (QED) is 0.747. The van der Waals surface area contributed by atoms with Crippen molar-refractivity contribution in [1.29, 1.82) is 0 Å². The Morgan fingerprint density at radius 1 is 1.46 bits per heavy atom. The number of likely N-dealkylation sites (N-methyl/N-ethyl adjacent to an activating group) is 1.